The lowest BCUT2D eigenvalue weighted by Gasteiger charge is -2.19. The lowest BCUT2D eigenvalue weighted by molar-refractivity contribution is 0.545. The quantitative estimate of drug-likeness (QED) is 0.637. The van der Waals surface area contributed by atoms with Crippen LogP contribution in [0.25, 0.3) is 11.1 Å². The second kappa shape index (κ2) is 6.67. The van der Waals surface area contributed by atoms with Crippen molar-refractivity contribution >= 4 is 27.3 Å². The maximum Gasteiger partial charge on any atom is 0.237 e. The van der Waals surface area contributed by atoms with Crippen LogP contribution in [-0.4, -0.2) is 36.5 Å². The fourth-order valence-corrected chi connectivity index (χ4v) is 4.55. The number of nitrogens with two attached hydrogens (primary N) is 1. The summed E-state index contributed by atoms with van der Waals surface area (Å²) in [5.41, 5.74) is 8.38. The highest BCUT2D eigenvalue weighted by molar-refractivity contribution is 7.89. The van der Waals surface area contributed by atoms with Crippen LogP contribution >= 0.6 is 11.3 Å². The van der Waals surface area contributed by atoms with Crippen LogP contribution in [0.2, 0.25) is 0 Å². The third-order valence-electron chi connectivity index (χ3n) is 3.53. The van der Waals surface area contributed by atoms with Gasteiger partial charge in [0.25, 0.3) is 0 Å². The van der Waals surface area contributed by atoms with E-state index in [0.717, 1.165) is 25.9 Å². The van der Waals surface area contributed by atoms with Gasteiger partial charge >= 0.3 is 0 Å². The molecule has 0 aromatic carbocycles. The number of nitrogens with one attached hydrogen (secondary N) is 1. The highest BCUT2D eigenvalue weighted by Gasteiger charge is 2.24. The number of thiophene rings is 1. The summed E-state index contributed by atoms with van der Waals surface area (Å²) in [5.74, 6) is -0.747. The Morgan fingerprint density at radius 1 is 1.39 bits per heavy atom. The molecule has 0 saturated heterocycles. The van der Waals surface area contributed by atoms with Gasteiger partial charge in [0, 0.05) is 35.8 Å². The molecule has 0 spiro atoms. The lowest BCUT2D eigenvalue weighted by Crippen LogP contribution is -2.40. The molecular formula is C15H20N4O2S2. The van der Waals surface area contributed by atoms with Crippen molar-refractivity contribution in [3.63, 3.8) is 0 Å². The van der Waals surface area contributed by atoms with Crippen LogP contribution in [0.5, 0.6) is 0 Å². The lowest BCUT2D eigenvalue weighted by atomic mass is 10.1. The van der Waals surface area contributed by atoms with Gasteiger partial charge in [0.05, 0.1) is 5.75 Å². The molecule has 6 nitrogen and oxygen atoms in total. The molecule has 0 amide bonds. The van der Waals surface area contributed by atoms with Crippen LogP contribution in [0.15, 0.2) is 29.9 Å². The Kier molecular flexibility index (Phi) is 5.06. The van der Waals surface area contributed by atoms with E-state index in [0.29, 0.717) is 0 Å². The standard InChI is InChI=1S/C15H20N4O2S2/c1-10-4-12(7-18-6-10)13-5-14(22-8-13)11(2)9-23(20,21)19(3)15(16)17/h4-8,11H,9H2,1-3H3,(H3,16,17)/t11-/m1/s1. The molecule has 0 radical (unpaired) electrons. The number of pyridine rings is 1. The zero-order chi connectivity index (χ0) is 17.2. The van der Waals surface area contributed by atoms with Crippen LogP contribution in [0.4, 0.5) is 0 Å². The molecule has 3 N–H and O–H groups in total. The molecular weight excluding hydrogens is 332 g/mol. The topological polar surface area (TPSA) is 100 Å². The smallest absolute Gasteiger partial charge is 0.237 e. The Morgan fingerprint density at radius 2 is 2.09 bits per heavy atom. The number of aryl methyl sites for hydroxylation is 1. The summed E-state index contributed by atoms with van der Waals surface area (Å²) in [4.78, 5) is 5.16. The van der Waals surface area contributed by atoms with Gasteiger partial charge < -0.3 is 5.73 Å². The van der Waals surface area contributed by atoms with Crippen molar-refractivity contribution in [1.29, 1.82) is 5.41 Å². The Balaban J connectivity index is 2.19. The maximum atomic E-state index is 12.2. The molecule has 0 aliphatic carbocycles. The summed E-state index contributed by atoms with van der Waals surface area (Å²) in [5, 5.41) is 9.27. The van der Waals surface area contributed by atoms with Gasteiger partial charge in [-0.2, -0.15) is 0 Å². The summed E-state index contributed by atoms with van der Waals surface area (Å²) in [7, 11) is -2.30. The molecule has 0 aliphatic rings. The minimum atomic E-state index is -3.59. The SMILES string of the molecule is Cc1cncc(-c2csc([C@H](C)CS(=O)(=O)N(C)C(=N)N)c2)c1. The monoisotopic (exact) mass is 352 g/mol. The molecule has 23 heavy (non-hydrogen) atoms. The van der Waals surface area contributed by atoms with E-state index < -0.39 is 16.0 Å². The van der Waals surface area contributed by atoms with Gasteiger partial charge in [-0.1, -0.05) is 6.92 Å². The van der Waals surface area contributed by atoms with Crippen molar-refractivity contribution in [2.45, 2.75) is 19.8 Å². The fraction of sp³-hybridized carbons (Fsp3) is 0.333. The van der Waals surface area contributed by atoms with E-state index in [9.17, 15) is 8.42 Å². The molecule has 0 aliphatic heterocycles. The van der Waals surface area contributed by atoms with E-state index in [4.69, 9.17) is 11.1 Å². The van der Waals surface area contributed by atoms with E-state index in [1.165, 1.54) is 18.4 Å². The predicted molar refractivity (Wildman–Crippen MR) is 94.2 cm³/mol. The number of hydrogen-bond acceptors (Lipinski definition) is 5. The van der Waals surface area contributed by atoms with Crippen LogP contribution in [0.1, 0.15) is 23.3 Å². The average Bonchev–Trinajstić information content (AvgIpc) is 2.95. The molecule has 0 unspecified atom stereocenters. The zero-order valence-electron chi connectivity index (χ0n) is 13.3. The first kappa shape index (κ1) is 17.4. The molecule has 0 saturated carbocycles. The molecule has 2 aromatic heterocycles. The van der Waals surface area contributed by atoms with Crippen molar-refractivity contribution in [3.05, 3.63) is 40.3 Å². The van der Waals surface area contributed by atoms with Gasteiger partial charge in [0.2, 0.25) is 16.0 Å². The number of aromatic nitrogens is 1. The zero-order valence-corrected chi connectivity index (χ0v) is 14.9. The second-order valence-electron chi connectivity index (χ2n) is 5.52. The number of nitrogens with zero attached hydrogens (tertiary/aromatic N) is 2. The predicted octanol–water partition coefficient (Wildman–Crippen LogP) is 2.38. The second-order valence-corrected chi connectivity index (χ2v) is 8.51. The number of hydrogen-bond donors (Lipinski definition) is 2. The normalized spacial score (nSPS) is 12.8. The largest absolute Gasteiger partial charge is 0.369 e. The van der Waals surface area contributed by atoms with Crippen molar-refractivity contribution in [1.82, 2.24) is 9.29 Å². The number of rotatable bonds is 5. The van der Waals surface area contributed by atoms with Gasteiger partial charge in [0.15, 0.2) is 0 Å². The van der Waals surface area contributed by atoms with E-state index in [-0.39, 0.29) is 11.7 Å². The average molecular weight is 352 g/mol. The highest BCUT2D eigenvalue weighted by Crippen LogP contribution is 2.31. The molecule has 2 rings (SSSR count). The van der Waals surface area contributed by atoms with Crippen molar-refractivity contribution < 1.29 is 8.42 Å². The van der Waals surface area contributed by atoms with Gasteiger partial charge in [-0.25, -0.2) is 12.7 Å². The van der Waals surface area contributed by atoms with Gasteiger partial charge in [-0.05, 0) is 35.6 Å². The first-order valence-corrected chi connectivity index (χ1v) is 9.50. The van der Waals surface area contributed by atoms with Gasteiger partial charge in [-0.15, -0.1) is 11.3 Å². The summed E-state index contributed by atoms with van der Waals surface area (Å²) in [6, 6.07) is 4.04. The first-order valence-electron chi connectivity index (χ1n) is 7.02. The van der Waals surface area contributed by atoms with Crippen LogP contribution < -0.4 is 5.73 Å². The molecule has 0 bridgehead atoms. The minimum Gasteiger partial charge on any atom is -0.369 e. The van der Waals surface area contributed by atoms with Crippen LogP contribution in [0.3, 0.4) is 0 Å². The maximum absolute atomic E-state index is 12.2. The van der Waals surface area contributed by atoms with E-state index in [1.807, 2.05) is 31.4 Å². The van der Waals surface area contributed by atoms with Crippen LogP contribution in [-0.2, 0) is 10.0 Å². The Bertz CT molecular complexity index is 814. The molecule has 2 aromatic rings. The fourth-order valence-electron chi connectivity index (χ4n) is 2.14. The number of sulfonamides is 1. The van der Waals surface area contributed by atoms with Crippen molar-refractivity contribution in [2.24, 2.45) is 5.73 Å². The molecule has 124 valence electrons. The van der Waals surface area contributed by atoms with Crippen molar-refractivity contribution in [2.75, 3.05) is 12.8 Å². The minimum absolute atomic E-state index is 0.0882. The van der Waals surface area contributed by atoms with E-state index >= 15 is 0 Å². The van der Waals surface area contributed by atoms with Crippen LogP contribution in [0, 0.1) is 12.3 Å². The summed E-state index contributed by atoms with van der Waals surface area (Å²) < 4.78 is 25.2. The van der Waals surface area contributed by atoms with Gasteiger partial charge in [-0.3, -0.25) is 10.4 Å². The first-order chi connectivity index (χ1) is 10.7. The summed E-state index contributed by atoms with van der Waals surface area (Å²) in [6.07, 6.45) is 3.59. The van der Waals surface area contributed by atoms with Crippen molar-refractivity contribution in [3.8, 4) is 11.1 Å². The van der Waals surface area contributed by atoms with E-state index in [1.54, 1.807) is 12.4 Å². The highest BCUT2D eigenvalue weighted by atomic mass is 32.2. The van der Waals surface area contributed by atoms with Gasteiger partial charge in [0.1, 0.15) is 0 Å². The Hall–Kier alpha value is -1.93. The Morgan fingerprint density at radius 3 is 2.70 bits per heavy atom. The molecule has 1 atom stereocenters. The Labute approximate surface area is 140 Å². The molecule has 0 fully saturated rings. The molecule has 2 heterocycles. The molecule has 8 heteroatoms. The third kappa shape index (κ3) is 4.08. The summed E-state index contributed by atoms with van der Waals surface area (Å²) in [6.45, 7) is 3.84. The summed E-state index contributed by atoms with van der Waals surface area (Å²) >= 11 is 1.52. The number of guanidine groups is 1. The van der Waals surface area contributed by atoms with E-state index in [2.05, 4.69) is 4.98 Å². The third-order valence-corrected chi connectivity index (χ3v) is 6.65.